The summed E-state index contributed by atoms with van der Waals surface area (Å²) in [6.07, 6.45) is 0.436. The van der Waals surface area contributed by atoms with E-state index >= 15 is 0 Å². The topological polar surface area (TPSA) is 111 Å². The molecule has 31 heavy (non-hydrogen) atoms. The van der Waals surface area contributed by atoms with E-state index in [1.54, 1.807) is 0 Å². The maximum absolute atomic E-state index is 13.4. The Hall–Kier alpha value is -2.27. The Bertz CT molecular complexity index is 825. The molecule has 2 atom stereocenters. The van der Waals surface area contributed by atoms with Crippen LogP contribution in [0.2, 0.25) is 0 Å². The molecule has 1 aromatic rings. The van der Waals surface area contributed by atoms with Crippen LogP contribution in [0.5, 0.6) is 5.75 Å². The first-order valence-corrected chi connectivity index (χ1v) is 11.3. The summed E-state index contributed by atoms with van der Waals surface area (Å²) in [6.45, 7) is 2.57. The number of ether oxygens (including phenoxy) is 2. The number of sulfonamides is 1. The van der Waals surface area contributed by atoms with Crippen molar-refractivity contribution in [3.8, 4) is 5.75 Å². The lowest BCUT2D eigenvalue weighted by molar-refractivity contribution is -0.145. The molecule has 0 aromatic heterocycles. The van der Waals surface area contributed by atoms with Crippen LogP contribution in [-0.4, -0.2) is 52.5 Å². The molecule has 0 unspecified atom stereocenters. The van der Waals surface area contributed by atoms with Gasteiger partial charge >= 0.3 is 5.97 Å². The summed E-state index contributed by atoms with van der Waals surface area (Å²) in [4.78, 5) is 24.5. The van der Waals surface area contributed by atoms with Crippen molar-refractivity contribution in [3.05, 3.63) is 24.3 Å². The van der Waals surface area contributed by atoms with Gasteiger partial charge < -0.3 is 14.8 Å². The molecular formula is C20H30F2N2O6S. The van der Waals surface area contributed by atoms with Gasteiger partial charge in [0, 0.05) is 6.42 Å². The first-order chi connectivity index (χ1) is 14.4. The Kier molecular flexibility index (Phi) is 10.3. The number of esters is 1. The molecule has 1 rings (SSSR count). The molecule has 8 nitrogen and oxygen atoms in total. The molecule has 0 aliphatic rings. The van der Waals surface area contributed by atoms with Gasteiger partial charge in [-0.2, -0.15) is 4.72 Å². The van der Waals surface area contributed by atoms with Crippen molar-refractivity contribution in [3.63, 3.8) is 0 Å². The lowest BCUT2D eigenvalue weighted by Crippen LogP contribution is -2.52. The zero-order chi connectivity index (χ0) is 23.7. The average molecular weight is 465 g/mol. The van der Waals surface area contributed by atoms with Gasteiger partial charge in [-0.05, 0) is 44.0 Å². The number of carbonyl (C=O) groups excluding carboxylic acids is 2. The highest BCUT2D eigenvalue weighted by molar-refractivity contribution is 7.89. The van der Waals surface area contributed by atoms with E-state index < -0.39 is 52.7 Å². The SMILES string of the molecule is CCCC[C@H](NC(=O)[C@H](CCC(C)(F)F)NS(=O)(=O)c1ccc(OC)cc1)C(=O)OC. The summed E-state index contributed by atoms with van der Waals surface area (Å²) in [5, 5.41) is 2.43. The van der Waals surface area contributed by atoms with Crippen LogP contribution in [0.4, 0.5) is 8.78 Å². The molecule has 11 heteroatoms. The summed E-state index contributed by atoms with van der Waals surface area (Å²) in [5.74, 6) is -4.25. The number of hydrogen-bond donors (Lipinski definition) is 2. The minimum Gasteiger partial charge on any atom is -0.497 e. The monoisotopic (exact) mass is 464 g/mol. The number of benzene rings is 1. The van der Waals surface area contributed by atoms with Crippen molar-refractivity contribution in [2.45, 2.75) is 68.9 Å². The molecule has 0 saturated carbocycles. The highest BCUT2D eigenvalue weighted by Crippen LogP contribution is 2.21. The minimum atomic E-state index is -4.20. The number of alkyl halides is 2. The summed E-state index contributed by atoms with van der Waals surface area (Å²) < 4.78 is 64.0. The Balaban J connectivity index is 3.08. The number of halogens is 2. The van der Waals surface area contributed by atoms with Crippen molar-refractivity contribution < 1.29 is 36.3 Å². The summed E-state index contributed by atoms with van der Waals surface area (Å²) in [5.41, 5.74) is 0. The van der Waals surface area contributed by atoms with Crippen molar-refractivity contribution in [2.24, 2.45) is 0 Å². The average Bonchev–Trinajstić information content (AvgIpc) is 2.72. The van der Waals surface area contributed by atoms with E-state index in [9.17, 15) is 26.8 Å². The molecule has 0 saturated heterocycles. The molecule has 0 bridgehead atoms. The Morgan fingerprint density at radius 3 is 2.19 bits per heavy atom. The number of unbranched alkanes of at least 4 members (excludes halogenated alkanes) is 1. The van der Waals surface area contributed by atoms with Gasteiger partial charge in [0.15, 0.2) is 0 Å². The number of carbonyl (C=O) groups is 2. The van der Waals surface area contributed by atoms with Crippen LogP contribution in [0.1, 0.15) is 46.0 Å². The van der Waals surface area contributed by atoms with Gasteiger partial charge in [-0.1, -0.05) is 19.8 Å². The van der Waals surface area contributed by atoms with E-state index in [-0.39, 0.29) is 11.3 Å². The molecule has 0 aliphatic carbocycles. The molecule has 0 fully saturated rings. The lowest BCUT2D eigenvalue weighted by Gasteiger charge is -2.23. The van der Waals surface area contributed by atoms with Crippen LogP contribution in [0.15, 0.2) is 29.2 Å². The Morgan fingerprint density at radius 2 is 1.71 bits per heavy atom. The normalized spacial score (nSPS) is 13.9. The third-order valence-electron chi connectivity index (χ3n) is 4.50. The van der Waals surface area contributed by atoms with Gasteiger partial charge in [-0.25, -0.2) is 22.0 Å². The van der Waals surface area contributed by atoms with Crippen molar-refractivity contribution >= 4 is 21.9 Å². The lowest BCUT2D eigenvalue weighted by atomic mass is 10.1. The molecule has 0 radical (unpaired) electrons. The number of rotatable bonds is 13. The second-order valence-electron chi connectivity index (χ2n) is 7.18. The first kappa shape index (κ1) is 26.8. The van der Waals surface area contributed by atoms with Gasteiger partial charge in [0.1, 0.15) is 17.8 Å². The van der Waals surface area contributed by atoms with Crippen molar-refractivity contribution in [1.82, 2.24) is 10.0 Å². The van der Waals surface area contributed by atoms with Crippen LogP contribution in [0.3, 0.4) is 0 Å². The van der Waals surface area contributed by atoms with Crippen LogP contribution in [-0.2, 0) is 24.3 Å². The van der Waals surface area contributed by atoms with Crippen LogP contribution >= 0.6 is 0 Å². The largest absolute Gasteiger partial charge is 0.497 e. The smallest absolute Gasteiger partial charge is 0.328 e. The van der Waals surface area contributed by atoms with E-state index in [4.69, 9.17) is 4.74 Å². The predicted molar refractivity (Wildman–Crippen MR) is 110 cm³/mol. The fourth-order valence-corrected chi connectivity index (χ4v) is 3.95. The maximum Gasteiger partial charge on any atom is 0.328 e. The number of hydrogen-bond acceptors (Lipinski definition) is 6. The standard InChI is InChI=1S/C20H30F2N2O6S/c1-5-6-7-17(19(26)30-4)23-18(25)16(12-13-20(2,21)22)24-31(27,28)15-10-8-14(29-3)9-11-15/h8-11,16-17,24H,5-7,12-13H2,1-4H3,(H,23,25)/t16-,17-/m0/s1. The van der Waals surface area contributed by atoms with Gasteiger partial charge in [-0.15, -0.1) is 0 Å². The molecular weight excluding hydrogens is 434 g/mol. The van der Waals surface area contributed by atoms with Crippen molar-refractivity contribution in [2.75, 3.05) is 14.2 Å². The van der Waals surface area contributed by atoms with Crippen LogP contribution < -0.4 is 14.8 Å². The van der Waals surface area contributed by atoms with Crippen LogP contribution in [0.25, 0.3) is 0 Å². The molecule has 1 amide bonds. The van der Waals surface area contributed by atoms with E-state index in [1.807, 2.05) is 6.92 Å². The highest BCUT2D eigenvalue weighted by atomic mass is 32.2. The Labute approximate surface area is 181 Å². The minimum absolute atomic E-state index is 0.162. The summed E-state index contributed by atoms with van der Waals surface area (Å²) in [6, 6.07) is 2.86. The molecule has 176 valence electrons. The van der Waals surface area contributed by atoms with Crippen molar-refractivity contribution in [1.29, 1.82) is 0 Å². The van der Waals surface area contributed by atoms with E-state index in [0.29, 0.717) is 19.1 Å². The maximum atomic E-state index is 13.4. The zero-order valence-corrected chi connectivity index (χ0v) is 18.9. The van der Waals surface area contributed by atoms with E-state index in [0.717, 1.165) is 13.5 Å². The molecule has 1 aromatic carbocycles. The van der Waals surface area contributed by atoms with Gasteiger partial charge in [0.2, 0.25) is 21.9 Å². The summed E-state index contributed by atoms with van der Waals surface area (Å²) >= 11 is 0. The molecule has 0 spiro atoms. The second kappa shape index (κ2) is 11.9. The van der Waals surface area contributed by atoms with Gasteiger partial charge in [0.05, 0.1) is 19.1 Å². The third-order valence-corrected chi connectivity index (χ3v) is 5.99. The molecule has 2 N–H and O–H groups in total. The number of amides is 1. The zero-order valence-electron chi connectivity index (χ0n) is 18.1. The van der Waals surface area contributed by atoms with Gasteiger partial charge in [0.25, 0.3) is 0 Å². The summed E-state index contributed by atoms with van der Waals surface area (Å²) in [7, 11) is -1.62. The van der Waals surface area contributed by atoms with E-state index in [2.05, 4.69) is 14.8 Å². The third kappa shape index (κ3) is 9.18. The molecule has 0 heterocycles. The van der Waals surface area contributed by atoms with Gasteiger partial charge in [-0.3, -0.25) is 4.79 Å². The fraction of sp³-hybridized carbons (Fsp3) is 0.600. The Morgan fingerprint density at radius 1 is 1.10 bits per heavy atom. The first-order valence-electron chi connectivity index (χ1n) is 9.86. The fourth-order valence-electron chi connectivity index (χ4n) is 2.72. The molecule has 0 aliphatic heterocycles. The highest BCUT2D eigenvalue weighted by Gasteiger charge is 2.32. The number of nitrogens with one attached hydrogen (secondary N) is 2. The predicted octanol–water partition coefficient (Wildman–Crippen LogP) is 2.63. The quantitative estimate of drug-likeness (QED) is 0.434. The van der Waals surface area contributed by atoms with E-state index in [1.165, 1.54) is 31.4 Å². The van der Waals surface area contributed by atoms with Crippen LogP contribution in [0, 0.1) is 0 Å². The number of methoxy groups -OCH3 is 2. The second-order valence-corrected chi connectivity index (χ2v) is 8.90.